The molecule has 1 heterocycles. The van der Waals surface area contributed by atoms with Gasteiger partial charge in [-0.1, -0.05) is 12.1 Å². The molecular formula is C13H16FNO4S. The van der Waals surface area contributed by atoms with Crippen molar-refractivity contribution in [2.24, 2.45) is 0 Å². The Morgan fingerprint density at radius 2 is 2.15 bits per heavy atom. The van der Waals surface area contributed by atoms with E-state index in [1.54, 1.807) is 13.0 Å². The first-order valence-corrected chi connectivity index (χ1v) is 8.01. The molecule has 110 valence electrons. The Bertz CT molecular complexity index is 617. The Morgan fingerprint density at radius 3 is 2.75 bits per heavy atom. The molecule has 20 heavy (non-hydrogen) atoms. The van der Waals surface area contributed by atoms with Gasteiger partial charge >= 0.3 is 0 Å². The van der Waals surface area contributed by atoms with Crippen molar-refractivity contribution in [1.82, 2.24) is 5.32 Å². The summed E-state index contributed by atoms with van der Waals surface area (Å²) in [6.45, 7) is 1.33. The van der Waals surface area contributed by atoms with E-state index in [4.69, 9.17) is 4.74 Å². The van der Waals surface area contributed by atoms with Crippen LogP contribution in [0.15, 0.2) is 24.3 Å². The summed E-state index contributed by atoms with van der Waals surface area (Å²) in [6, 6.07) is 5.77. The lowest BCUT2D eigenvalue weighted by Gasteiger charge is -2.23. The van der Waals surface area contributed by atoms with Crippen molar-refractivity contribution in [3.05, 3.63) is 30.1 Å². The lowest BCUT2D eigenvalue weighted by Crippen LogP contribution is -2.48. The molecule has 7 heteroatoms. The van der Waals surface area contributed by atoms with Crippen LogP contribution >= 0.6 is 0 Å². The third-order valence-electron chi connectivity index (χ3n) is 3.14. The molecule has 5 nitrogen and oxygen atoms in total. The van der Waals surface area contributed by atoms with Crippen LogP contribution in [0, 0.1) is 5.82 Å². The fourth-order valence-corrected chi connectivity index (χ4v) is 4.28. The summed E-state index contributed by atoms with van der Waals surface area (Å²) < 4.78 is 41.2. The molecule has 2 rings (SSSR count). The molecule has 1 aliphatic heterocycles. The number of halogens is 1. The molecule has 1 saturated heterocycles. The van der Waals surface area contributed by atoms with E-state index in [2.05, 4.69) is 5.32 Å². The maximum atomic E-state index is 13.3. The van der Waals surface area contributed by atoms with Crippen LogP contribution in [0.1, 0.15) is 13.3 Å². The number of nitrogens with one attached hydrogen (secondary N) is 1. The van der Waals surface area contributed by atoms with Crippen LogP contribution in [-0.2, 0) is 14.6 Å². The summed E-state index contributed by atoms with van der Waals surface area (Å²) in [5, 5.41) is 2.64. The zero-order valence-electron chi connectivity index (χ0n) is 11.1. The number of para-hydroxylation sites is 1. The predicted molar refractivity (Wildman–Crippen MR) is 71.7 cm³/mol. The zero-order valence-corrected chi connectivity index (χ0v) is 11.9. The van der Waals surface area contributed by atoms with E-state index in [0.717, 1.165) is 0 Å². The number of carbonyl (C=O) groups is 1. The van der Waals surface area contributed by atoms with Gasteiger partial charge in [-0.2, -0.15) is 0 Å². The van der Waals surface area contributed by atoms with Gasteiger partial charge in [-0.15, -0.1) is 0 Å². The van der Waals surface area contributed by atoms with Gasteiger partial charge in [0.2, 0.25) is 0 Å². The molecule has 1 aromatic carbocycles. The molecule has 0 unspecified atom stereocenters. The van der Waals surface area contributed by atoms with Crippen molar-refractivity contribution >= 4 is 15.7 Å². The molecule has 0 aromatic heterocycles. The maximum Gasteiger partial charge on any atom is 0.258 e. The first-order valence-electron chi connectivity index (χ1n) is 6.18. The first-order chi connectivity index (χ1) is 9.30. The van der Waals surface area contributed by atoms with Gasteiger partial charge in [0.15, 0.2) is 28.0 Å². The van der Waals surface area contributed by atoms with Crippen LogP contribution < -0.4 is 10.1 Å². The molecule has 0 bridgehead atoms. The Hall–Kier alpha value is -1.63. The predicted octanol–water partition coefficient (Wildman–Crippen LogP) is 0.898. The topological polar surface area (TPSA) is 72.5 Å². The molecule has 0 radical (unpaired) electrons. The summed E-state index contributed by atoms with van der Waals surface area (Å²) in [6.07, 6.45) is 0.376. The highest BCUT2D eigenvalue weighted by molar-refractivity contribution is 7.91. The van der Waals surface area contributed by atoms with Gasteiger partial charge in [0.25, 0.3) is 5.91 Å². The first kappa shape index (κ1) is 14.8. The fourth-order valence-electron chi connectivity index (χ4n) is 2.19. The summed E-state index contributed by atoms with van der Waals surface area (Å²) in [7, 11) is -3.09. The van der Waals surface area contributed by atoms with Crippen LogP contribution in [0.3, 0.4) is 0 Å². The Balaban J connectivity index is 1.89. The summed E-state index contributed by atoms with van der Waals surface area (Å²) in [5.74, 6) is -1.03. The molecule has 0 saturated carbocycles. The van der Waals surface area contributed by atoms with Gasteiger partial charge in [0.05, 0.1) is 17.0 Å². The second kappa shape index (κ2) is 5.40. The monoisotopic (exact) mass is 301 g/mol. The van der Waals surface area contributed by atoms with E-state index >= 15 is 0 Å². The number of ether oxygens (including phenoxy) is 1. The number of sulfone groups is 1. The van der Waals surface area contributed by atoms with E-state index in [1.807, 2.05) is 0 Å². The highest BCUT2D eigenvalue weighted by Gasteiger charge is 2.39. The van der Waals surface area contributed by atoms with Crippen molar-refractivity contribution in [2.45, 2.75) is 18.9 Å². The highest BCUT2D eigenvalue weighted by atomic mass is 32.2. The molecule has 1 aromatic rings. The smallest absolute Gasteiger partial charge is 0.258 e. The third-order valence-corrected chi connectivity index (χ3v) is 5.04. The SMILES string of the molecule is C[C@]1(NC(=O)COc2ccccc2F)CCS(=O)(=O)C1. The van der Waals surface area contributed by atoms with Gasteiger partial charge in [-0.05, 0) is 25.5 Å². The highest BCUT2D eigenvalue weighted by Crippen LogP contribution is 2.22. The lowest BCUT2D eigenvalue weighted by atomic mass is 10.0. The minimum atomic E-state index is -3.09. The van der Waals surface area contributed by atoms with Crippen molar-refractivity contribution < 1.29 is 22.3 Å². The van der Waals surface area contributed by atoms with Gasteiger partial charge in [0, 0.05) is 0 Å². The fraction of sp³-hybridized carbons (Fsp3) is 0.462. The van der Waals surface area contributed by atoms with Gasteiger partial charge in [-0.25, -0.2) is 12.8 Å². The van der Waals surface area contributed by atoms with Crippen LogP contribution in [0.5, 0.6) is 5.75 Å². The van der Waals surface area contributed by atoms with E-state index in [0.29, 0.717) is 6.42 Å². The van der Waals surface area contributed by atoms with Crippen molar-refractivity contribution in [1.29, 1.82) is 0 Å². The minimum Gasteiger partial charge on any atom is -0.481 e. The number of carbonyl (C=O) groups excluding carboxylic acids is 1. The van der Waals surface area contributed by atoms with Crippen LogP contribution in [0.4, 0.5) is 4.39 Å². The molecular weight excluding hydrogens is 285 g/mol. The number of hydrogen-bond donors (Lipinski definition) is 1. The Kier molecular flexibility index (Phi) is 3.99. The average molecular weight is 301 g/mol. The van der Waals surface area contributed by atoms with Crippen LogP contribution in [0.2, 0.25) is 0 Å². The van der Waals surface area contributed by atoms with Gasteiger partial charge < -0.3 is 10.1 Å². The zero-order chi connectivity index (χ0) is 14.8. The third kappa shape index (κ3) is 3.69. The Labute approximate surface area is 117 Å². The van der Waals surface area contributed by atoms with Crippen LogP contribution in [0.25, 0.3) is 0 Å². The molecule has 1 fully saturated rings. The molecule has 1 N–H and O–H groups in total. The Morgan fingerprint density at radius 1 is 1.45 bits per heavy atom. The summed E-state index contributed by atoms with van der Waals surface area (Å²) in [5.41, 5.74) is -0.769. The lowest BCUT2D eigenvalue weighted by molar-refractivity contribution is -0.124. The molecule has 0 spiro atoms. The van der Waals surface area contributed by atoms with Gasteiger partial charge in [-0.3, -0.25) is 4.79 Å². The van der Waals surface area contributed by atoms with Crippen molar-refractivity contribution in [3.63, 3.8) is 0 Å². The summed E-state index contributed by atoms with van der Waals surface area (Å²) in [4.78, 5) is 11.7. The standard InChI is InChI=1S/C13H16FNO4S/c1-13(6-7-20(17,18)9-13)15-12(16)8-19-11-5-3-2-4-10(11)14/h2-5H,6-9H2,1H3,(H,15,16)/t13-/m0/s1. The van der Waals surface area contributed by atoms with E-state index in [-0.39, 0.29) is 23.9 Å². The second-order valence-electron chi connectivity index (χ2n) is 5.17. The number of amides is 1. The van der Waals surface area contributed by atoms with E-state index in [1.165, 1.54) is 18.2 Å². The van der Waals surface area contributed by atoms with Crippen molar-refractivity contribution in [2.75, 3.05) is 18.1 Å². The second-order valence-corrected chi connectivity index (χ2v) is 7.35. The van der Waals surface area contributed by atoms with E-state index < -0.39 is 27.1 Å². The minimum absolute atomic E-state index is 0.00755. The quantitative estimate of drug-likeness (QED) is 0.897. The number of benzene rings is 1. The number of hydrogen-bond acceptors (Lipinski definition) is 4. The molecule has 0 aliphatic carbocycles. The van der Waals surface area contributed by atoms with Gasteiger partial charge in [0.1, 0.15) is 0 Å². The number of rotatable bonds is 4. The summed E-state index contributed by atoms with van der Waals surface area (Å²) >= 11 is 0. The average Bonchev–Trinajstić information content (AvgIpc) is 2.62. The molecule has 1 amide bonds. The maximum absolute atomic E-state index is 13.3. The van der Waals surface area contributed by atoms with Crippen LogP contribution in [-0.4, -0.2) is 38.0 Å². The van der Waals surface area contributed by atoms with Crippen molar-refractivity contribution in [3.8, 4) is 5.75 Å². The molecule has 1 aliphatic rings. The molecule has 1 atom stereocenters. The normalized spacial score (nSPS) is 24.3. The largest absolute Gasteiger partial charge is 0.481 e. The van der Waals surface area contributed by atoms with E-state index in [9.17, 15) is 17.6 Å².